The second kappa shape index (κ2) is 14.4. The number of carbonyl (C=O) groups is 1. The highest BCUT2D eigenvalue weighted by Gasteiger charge is 1.94. The van der Waals surface area contributed by atoms with Crippen molar-refractivity contribution in [1.82, 2.24) is 0 Å². The van der Waals surface area contributed by atoms with Gasteiger partial charge in [0.1, 0.15) is 0 Å². The van der Waals surface area contributed by atoms with Crippen molar-refractivity contribution in [3.8, 4) is 0 Å². The number of anilines is 1. The summed E-state index contributed by atoms with van der Waals surface area (Å²) < 4.78 is 10.1. The molecule has 19 heavy (non-hydrogen) atoms. The lowest BCUT2D eigenvalue weighted by Gasteiger charge is -2.09. The highest BCUT2D eigenvalue weighted by atomic mass is 16.7. The lowest BCUT2D eigenvalue weighted by molar-refractivity contribution is -0.123. The number of rotatable bonds is 5. The predicted molar refractivity (Wildman–Crippen MR) is 80.2 cm³/mol. The van der Waals surface area contributed by atoms with Crippen LogP contribution in [-0.2, 0) is 9.47 Å². The van der Waals surface area contributed by atoms with Crippen LogP contribution in [0.4, 0.5) is 5.69 Å². The molecular weight excluding hydrogens is 242 g/mol. The molecule has 0 atom stereocenters. The van der Waals surface area contributed by atoms with Gasteiger partial charge in [0.05, 0.1) is 0 Å². The van der Waals surface area contributed by atoms with Gasteiger partial charge in [-0.1, -0.05) is 12.1 Å². The predicted octanol–water partition coefficient (Wildman–Crippen LogP) is 3.29. The first-order chi connectivity index (χ1) is 9.15. The van der Waals surface area contributed by atoms with Gasteiger partial charge >= 0.3 is 0 Å². The number of nitrogen functional groups attached to an aromatic ring is 1. The van der Waals surface area contributed by atoms with Crippen molar-refractivity contribution in [2.24, 2.45) is 0 Å². The van der Waals surface area contributed by atoms with Gasteiger partial charge in [-0.05, 0) is 32.9 Å². The fourth-order valence-corrected chi connectivity index (χ4v) is 1.14. The molecule has 1 aromatic rings. The average molecular weight is 267 g/mol. The van der Waals surface area contributed by atoms with Crippen molar-refractivity contribution >= 4 is 12.0 Å². The molecule has 0 spiro atoms. The molecule has 4 heteroatoms. The van der Waals surface area contributed by atoms with E-state index in [4.69, 9.17) is 15.2 Å². The van der Waals surface area contributed by atoms with Crippen molar-refractivity contribution in [2.75, 3.05) is 18.9 Å². The zero-order chi connectivity index (χ0) is 15.1. The van der Waals surface area contributed by atoms with Gasteiger partial charge in [-0.3, -0.25) is 4.79 Å². The Balaban J connectivity index is 0. The topological polar surface area (TPSA) is 61.6 Å². The van der Waals surface area contributed by atoms with Gasteiger partial charge < -0.3 is 15.2 Å². The summed E-state index contributed by atoms with van der Waals surface area (Å²) in [5, 5.41) is 0. The molecule has 0 amide bonds. The minimum atomic E-state index is -0.0370. The highest BCUT2D eigenvalue weighted by Crippen LogP contribution is 2.05. The maximum atomic E-state index is 10.1. The zero-order valence-corrected chi connectivity index (χ0v) is 12.1. The number of hydrogen-bond donors (Lipinski definition) is 1. The largest absolute Gasteiger partial charge is 0.398 e. The fraction of sp³-hybridized carbons (Fsp3) is 0.400. The lowest BCUT2D eigenvalue weighted by atomic mass is 10.2. The Hall–Kier alpha value is -1.65. The van der Waals surface area contributed by atoms with Gasteiger partial charge in [0.2, 0.25) is 0 Å². The van der Waals surface area contributed by atoms with Gasteiger partial charge in [-0.15, -0.1) is 13.2 Å². The molecular formula is C15H25NO3. The summed E-state index contributed by atoms with van der Waals surface area (Å²) in [6, 6.07) is 6.95. The summed E-state index contributed by atoms with van der Waals surface area (Å²) in [6.45, 7) is 13.3. The third-order valence-electron chi connectivity index (χ3n) is 1.93. The zero-order valence-electron chi connectivity index (χ0n) is 12.1. The van der Waals surface area contributed by atoms with Crippen LogP contribution in [0.2, 0.25) is 0 Å². The minimum absolute atomic E-state index is 0.0370. The van der Waals surface area contributed by atoms with Crippen LogP contribution in [0.15, 0.2) is 37.4 Å². The molecule has 4 nitrogen and oxygen atoms in total. The van der Waals surface area contributed by atoms with E-state index in [1.165, 1.54) is 0 Å². The Labute approximate surface area is 116 Å². The van der Waals surface area contributed by atoms with Gasteiger partial charge in [0.25, 0.3) is 0 Å². The van der Waals surface area contributed by atoms with Gasteiger partial charge in [0, 0.05) is 24.5 Å². The van der Waals surface area contributed by atoms with Crippen LogP contribution >= 0.6 is 0 Å². The maximum absolute atomic E-state index is 10.1. The van der Waals surface area contributed by atoms with E-state index in [1.807, 2.05) is 20.8 Å². The molecule has 0 aliphatic carbocycles. The Morgan fingerprint density at radius 2 is 1.68 bits per heavy atom. The number of benzene rings is 1. The van der Waals surface area contributed by atoms with Gasteiger partial charge in [0.15, 0.2) is 12.6 Å². The second-order valence-electron chi connectivity index (χ2n) is 3.23. The Morgan fingerprint density at radius 1 is 1.21 bits per heavy atom. The van der Waals surface area contributed by atoms with Crippen LogP contribution in [0.3, 0.4) is 0 Å². The van der Waals surface area contributed by atoms with Crippen molar-refractivity contribution in [3.63, 3.8) is 0 Å². The quantitative estimate of drug-likeness (QED) is 0.385. The summed E-state index contributed by atoms with van der Waals surface area (Å²) in [4.78, 5) is 10.1. The molecule has 0 aliphatic heterocycles. The number of ether oxygens (including phenoxy) is 2. The molecule has 2 N–H and O–H groups in total. The molecule has 0 saturated heterocycles. The summed E-state index contributed by atoms with van der Waals surface area (Å²) in [5.41, 5.74) is 6.49. The molecule has 0 unspecified atom stereocenters. The maximum Gasteiger partial charge on any atom is 0.154 e. The number of carbonyl (C=O) groups excluding carboxylic acids is 1. The van der Waals surface area contributed by atoms with Crippen LogP contribution in [0, 0.1) is 0 Å². The smallest absolute Gasteiger partial charge is 0.154 e. The summed E-state index contributed by atoms with van der Waals surface area (Å²) in [7, 11) is 0. The molecule has 0 heterocycles. The molecule has 0 radical (unpaired) electrons. The number of hydrogen-bond acceptors (Lipinski definition) is 4. The van der Waals surface area contributed by atoms with Crippen molar-refractivity contribution in [1.29, 1.82) is 0 Å². The Bertz CT molecular complexity index is 323. The van der Waals surface area contributed by atoms with Crippen molar-refractivity contribution in [3.05, 3.63) is 43.0 Å². The van der Waals surface area contributed by atoms with E-state index in [1.54, 1.807) is 24.3 Å². The molecule has 0 aliphatic rings. The minimum Gasteiger partial charge on any atom is -0.398 e. The highest BCUT2D eigenvalue weighted by molar-refractivity contribution is 5.82. The first kappa shape index (κ1) is 19.7. The third kappa shape index (κ3) is 11.2. The van der Waals surface area contributed by atoms with E-state index in [2.05, 4.69) is 13.2 Å². The molecule has 1 aromatic carbocycles. The summed E-state index contributed by atoms with van der Waals surface area (Å²) in [5.74, 6) is 0. The van der Waals surface area contributed by atoms with Crippen LogP contribution in [-0.4, -0.2) is 25.8 Å². The van der Waals surface area contributed by atoms with Crippen LogP contribution in [0.5, 0.6) is 0 Å². The van der Waals surface area contributed by atoms with Crippen molar-refractivity contribution < 1.29 is 14.3 Å². The van der Waals surface area contributed by atoms with E-state index in [0.717, 1.165) is 19.5 Å². The van der Waals surface area contributed by atoms with E-state index >= 15 is 0 Å². The Morgan fingerprint density at radius 3 is 2.00 bits per heavy atom. The first-order valence-electron chi connectivity index (χ1n) is 6.18. The molecule has 0 fully saturated rings. The molecule has 0 saturated carbocycles. The monoisotopic (exact) mass is 267 g/mol. The first-order valence-corrected chi connectivity index (χ1v) is 6.18. The second-order valence-corrected chi connectivity index (χ2v) is 3.23. The fourth-order valence-electron chi connectivity index (χ4n) is 1.14. The average Bonchev–Trinajstić information content (AvgIpc) is 2.43. The SMILES string of the molecule is C=C.CCOC(C)OCC.Nc1ccccc1C=O. The normalized spacial score (nSPS) is 8.84. The summed E-state index contributed by atoms with van der Waals surface area (Å²) >= 11 is 0. The third-order valence-corrected chi connectivity index (χ3v) is 1.93. The molecule has 0 bridgehead atoms. The van der Waals surface area contributed by atoms with Crippen LogP contribution < -0.4 is 5.73 Å². The number of aldehydes is 1. The number of nitrogens with two attached hydrogens (primary N) is 1. The molecule has 0 aromatic heterocycles. The van der Waals surface area contributed by atoms with Gasteiger partial charge in [-0.2, -0.15) is 0 Å². The van der Waals surface area contributed by atoms with Crippen LogP contribution in [0.25, 0.3) is 0 Å². The van der Waals surface area contributed by atoms with Crippen LogP contribution in [0.1, 0.15) is 31.1 Å². The molecule has 108 valence electrons. The van der Waals surface area contributed by atoms with E-state index in [9.17, 15) is 4.79 Å². The van der Waals surface area contributed by atoms with Gasteiger partial charge in [-0.25, -0.2) is 0 Å². The molecule has 1 rings (SSSR count). The standard InChI is InChI=1S/C7H7NO.C6H14O2.C2H4/c8-7-4-2-1-3-6(7)5-9;1-4-7-6(3)8-5-2;1-2/h1-5H,8H2;6H,4-5H2,1-3H3;1-2H2. The number of para-hydroxylation sites is 1. The Kier molecular flexibility index (Phi) is 14.9. The van der Waals surface area contributed by atoms with Crippen molar-refractivity contribution in [2.45, 2.75) is 27.1 Å². The summed E-state index contributed by atoms with van der Waals surface area (Å²) in [6.07, 6.45) is 0.708. The van der Waals surface area contributed by atoms with E-state index in [0.29, 0.717) is 11.3 Å². The van der Waals surface area contributed by atoms with E-state index < -0.39 is 0 Å². The van der Waals surface area contributed by atoms with E-state index in [-0.39, 0.29) is 6.29 Å². The lowest BCUT2D eigenvalue weighted by Crippen LogP contribution is -2.11.